The molecule has 0 aromatic carbocycles. The summed E-state index contributed by atoms with van der Waals surface area (Å²) in [6.45, 7) is 6.13. The topological polar surface area (TPSA) is 57.6 Å². The summed E-state index contributed by atoms with van der Waals surface area (Å²) < 4.78 is 0. The monoisotopic (exact) mass is 281 g/mol. The van der Waals surface area contributed by atoms with Crippen molar-refractivity contribution < 1.29 is 14.7 Å². The van der Waals surface area contributed by atoms with Crippen LogP contribution in [0.3, 0.4) is 0 Å². The van der Waals surface area contributed by atoms with Crippen LogP contribution in [-0.4, -0.2) is 35.0 Å². The Bertz CT molecular complexity index is 491. The van der Waals surface area contributed by atoms with Gasteiger partial charge in [0.2, 0.25) is 0 Å². The van der Waals surface area contributed by atoms with Gasteiger partial charge in [0, 0.05) is 19.2 Å². The number of carbonyl (C=O) groups is 2. The van der Waals surface area contributed by atoms with Gasteiger partial charge in [0.15, 0.2) is 0 Å². The fourth-order valence-electron chi connectivity index (χ4n) is 1.58. The molecular formula is C14H19NO3S. The van der Waals surface area contributed by atoms with Crippen LogP contribution in [0.4, 0.5) is 0 Å². The molecular weight excluding hydrogens is 262 g/mol. The standard InChI is InChI=1S/C14H19NO3S/c1-9(2)10(3)15(4)14(18)13-11(7-8-19-13)5-6-12(16)17/h5-10H,1-4H3,(H,16,17). The van der Waals surface area contributed by atoms with Gasteiger partial charge in [0.25, 0.3) is 5.91 Å². The molecule has 1 unspecified atom stereocenters. The Labute approximate surface area is 117 Å². The Kier molecular flexibility index (Phi) is 5.30. The molecule has 104 valence electrons. The minimum atomic E-state index is -1.02. The Morgan fingerprint density at radius 2 is 2.00 bits per heavy atom. The molecule has 0 aliphatic rings. The molecule has 0 bridgehead atoms. The van der Waals surface area contributed by atoms with Gasteiger partial charge in [-0.2, -0.15) is 0 Å². The third kappa shape index (κ3) is 3.92. The molecule has 0 aliphatic carbocycles. The van der Waals surface area contributed by atoms with E-state index < -0.39 is 5.97 Å². The smallest absolute Gasteiger partial charge is 0.328 e. The van der Waals surface area contributed by atoms with Gasteiger partial charge in [-0.05, 0) is 35.9 Å². The molecule has 1 rings (SSSR count). The number of nitrogens with zero attached hydrogens (tertiary/aromatic N) is 1. The zero-order valence-corrected chi connectivity index (χ0v) is 12.4. The average Bonchev–Trinajstić information content (AvgIpc) is 2.81. The summed E-state index contributed by atoms with van der Waals surface area (Å²) in [6, 6.07) is 1.89. The van der Waals surface area contributed by atoms with Crippen molar-refractivity contribution in [1.82, 2.24) is 4.90 Å². The summed E-state index contributed by atoms with van der Waals surface area (Å²) in [7, 11) is 1.78. The fourth-order valence-corrected chi connectivity index (χ4v) is 2.45. The number of hydrogen-bond acceptors (Lipinski definition) is 3. The summed E-state index contributed by atoms with van der Waals surface area (Å²) >= 11 is 1.33. The minimum Gasteiger partial charge on any atom is -0.478 e. The van der Waals surface area contributed by atoms with Crippen LogP contribution >= 0.6 is 11.3 Å². The quantitative estimate of drug-likeness (QED) is 0.844. The third-order valence-electron chi connectivity index (χ3n) is 3.19. The molecule has 1 amide bonds. The van der Waals surface area contributed by atoms with E-state index in [0.29, 0.717) is 16.4 Å². The maximum atomic E-state index is 12.4. The minimum absolute atomic E-state index is 0.0683. The lowest BCUT2D eigenvalue weighted by molar-refractivity contribution is -0.131. The van der Waals surface area contributed by atoms with Gasteiger partial charge in [-0.3, -0.25) is 4.79 Å². The molecule has 1 aromatic heterocycles. The van der Waals surface area contributed by atoms with Gasteiger partial charge in [-0.25, -0.2) is 4.79 Å². The Morgan fingerprint density at radius 1 is 1.37 bits per heavy atom. The second kappa shape index (κ2) is 6.52. The number of carboxylic acids is 1. The Morgan fingerprint density at radius 3 is 2.53 bits per heavy atom. The highest BCUT2D eigenvalue weighted by Crippen LogP contribution is 2.22. The van der Waals surface area contributed by atoms with Crippen LogP contribution in [0, 0.1) is 5.92 Å². The van der Waals surface area contributed by atoms with E-state index in [1.54, 1.807) is 23.4 Å². The van der Waals surface area contributed by atoms with Crippen LogP contribution < -0.4 is 0 Å². The normalized spacial score (nSPS) is 12.9. The van der Waals surface area contributed by atoms with Gasteiger partial charge < -0.3 is 10.0 Å². The zero-order chi connectivity index (χ0) is 14.6. The van der Waals surface area contributed by atoms with Crippen LogP contribution in [-0.2, 0) is 4.79 Å². The number of carbonyl (C=O) groups excluding carboxylic acids is 1. The van der Waals surface area contributed by atoms with Crippen molar-refractivity contribution in [2.24, 2.45) is 5.92 Å². The van der Waals surface area contributed by atoms with Gasteiger partial charge in [-0.1, -0.05) is 13.8 Å². The van der Waals surface area contributed by atoms with Gasteiger partial charge >= 0.3 is 5.97 Å². The maximum Gasteiger partial charge on any atom is 0.328 e. The van der Waals surface area contributed by atoms with Crippen LogP contribution in [0.2, 0.25) is 0 Å². The highest BCUT2D eigenvalue weighted by atomic mass is 32.1. The van der Waals surface area contributed by atoms with Crippen LogP contribution in [0.25, 0.3) is 6.08 Å². The summed E-state index contributed by atoms with van der Waals surface area (Å²) in [5.41, 5.74) is 0.653. The second-order valence-electron chi connectivity index (χ2n) is 4.78. The molecule has 0 saturated carbocycles. The SMILES string of the molecule is CC(C)C(C)N(C)C(=O)c1sccc1C=CC(=O)O. The van der Waals surface area contributed by atoms with Crippen molar-refractivity contribution in [3.05, 3.63) is 28.0 Å². The van der Waals surface area contributed by atoms with Gasteiger partial charge in [-0.15, -0.1) is 11.3 Å². The number of aliphatic carboxylic acids is 1. The predicted molar refractivity (Wildman–Crippen MR) is 77.4 cm³/mol. The largest absolute Gasteiger partial charge is 0.478 e. The highest BCUT2D eigenvalue weighted by Gasteiger charge is 2.22. The first-order chi connectivity index (χ1) is 8.84. The van der Waals surface area contributed by atoms with Crippen LogP contribution in [0.5, 0.6) is 0 Å². The summed E-state index contributed by atoms with van der Waals surface area (Å²) in [6.07, 6.45) is 2.50. The molecule has 0 saturated heterocycles. The second-order valence-corrected chi connectivity index (χ2v) is 5.69. The first kappa shape index (κ1) is 15.4. The molecule has 1 aromatic rings. The molecule has 0 spiro atoms. The van der Waals surface area contributed by atoms with E-state index in [2.05, 4.69) is 13.8 Å². The van der Waals surface area contributed by atoms with Crippen molar-refractivity contribution >= 4 is 29.3 Å². The molecule has 1 N–H and O–H groups in total. The number of rotatable bonds is 5. The average molecular weight is 281 g/mol. The third-order valence-corrected chi connectivity index (χ3v) is 4.11. The number of thiophene rings is 1. The molecule has 0 radical (unpaired) electrons. The summed E-state index contributed by atoms with van der Waals surface area (Å²) in [4.78, 5) is 25.2. The summed E-state index contributed by atoms with van der Waals surface area (Å²) in [5, 5.41) is 10.4. The maximum absolute atomic E-state index is 12.4. The Balaban J connectivity index is 2.95. The molecule has 0 fully saturated rings. The predicted octanol–water partition coefficient (Wildman–Crippen LogP) is 2.96. The summed E-state index contributed by atoms with van der Waals surface area (Å²) in [5.74, 6) is -0.721. The van der Waals surface area contributed by atoms with Gasteiger partial charge in [0.05, 0.1) is 4.88 Å². The molecule has 1 heterocycles. The molecule has 1 atom stereocenters. The molecule has 5 heteroatoms. The van der Waals surface area contributed by atoms with Gasteiger partial charge in [0.1, 0.15) is 0 Å². The number of amides is 1. The van der Waals surface area contributed by atoms with E-state index in [1.807, 2.05) is 6.92 Å². The first-order valence-electron chi connectivity index (χ1n) is 6.10. The van der Waals surface area contributed by atoms with Crippen LogP contribution in [0.15, 0.2) is 17.5 Å². The zero-order valence-electron chi connectivity index (χ0n) is 11.6. The lowest BCUT2D eigenvalue weighted by Crippen LogP contribution is -2.38. The highest BCUT2D eigenvalue weighted by molar-refractivity contribution is 7.12. The van der Waals surface area contributed by atoms with Crippen molar-refractivity contribution in [2.75, 3.05) is 7.05 Å². The van der Waals surface area contributed by atoms with Crippen molar-refractivity contribution in [1.29, 1.82) is 0 Å². The van der Waals surface area contributed by atoms with E-state index in [-0.39, 0.29) is 11.9 Å². The Hall–Kier alpha value is -1.62. The van der Waals surface area contributed by atoms with Crippen molar-refractivity contribution in [3.8, 4) is 0 Å². The van der Waals surface area contributed by atoms with E-state index in [1.165, 1.54) is 17.4 Å². The van der Waals surface area contributed by atoms with E-state index in [0.717, 1.165) is 6.08 Å². The van der Waals surface area contributed by atoms with E-state index >= 15 is 0 Å². The number of carboxylic acid groups (broad SMARTS) is 1. The van der Waals surface area contributed by atoms with Crippen molar-refractivity contribution in [3.63, 3.8) is 0 Å². The van der Waals surface area contributed by atoms with Crippen molar-refractivity contribution in [2.45, 2.75) is 26.8 Å². The molecule has 0 aliphatic heterocycles. The van der Waals surface area contributed by atoms with Crippen LogP contribution in [0.1, 0.15) is 36.0 Å². The first-order valence-corrected chi connectivity index (χ1v) is 6.98. The fraction of sp³-hybridized carbons (Fsp3) is 0.429. The number of hydrogen-bond donors (Lipinski definition) is 1. The van der Waals surface area contributed by atoms with E-state index in [4.69, 9.17) is 5.11 Å². The lowest BCUT2D eigenvalue weighted by atomic mass is 10.0. The van der Waals surface area contributed by atoms with E-state index in [9.17, 15) is 9.59 Å². The molecule has 19 heavy (non-hydrogen) atoms. The molecule has 4 nitrogen and oxygen atoms in total. The lowest BCUT2D eigenvalue weighted by Gasteiger charge is -2.27.